The number of carbonyl (C=O) groups is 2. The molecule has 0 fully saturated rings. The molecule has 136 valence electrons. The first-order valence-electron chi connectivity index (χ1n) is 8.63. The number of ketones is 1. The predicted molar refractivity (Wildman–Crippen MR) is 100 cm³/mol. The minimum absolute atomic E-state index is 0.0110. The largest absolute Gasteiger partial charge is 0.485 e. The maximum absolute atomic E-state index is 12.5. The highest BCUT2D eigenvalue weighted by Crippen LogP contribution is 2.25. The molecule has 3 aromatic rings. The van der Waals surface area contributed by atoms with Crippen molar-refractivity contribution >= 4 is 28.3 Å². The van der Waals surface area contributed by atoms with Gasteiger partial charge >= 0.3 is 5.63 Å². The third-order valence-corrected chi connectivity index (χ3v) is 4.62. The Kier molecular flexibility index (Phi) is 4.24. The summed E-state index contributed by atoms with van der Waals surface area (Å²) in [7, 11) is 0. The van der Waals surface area contributed by atoms with Crippen molar-refractivity contribution in [3.05, 3.63) is 69.6 Å². The number of amides is 1. The van der Waals surface area contributed by atoms with Crippen molar-refractivity contribution in [1.29, 1.82) is 0 Å². The number of fused-ring (bicyclic) bond motifs is 2. The normalized spacial score (nSPS) is 13.1. The molecule has 4 rings (SSSR count). The van der Waals surface area contributed by atoms with Crippen LogP contribution in [-0.2, 0) is 11.2 Å². The molecule has 1 aliphatic rings. The number of aryl methyl sites for hydroxylation is 2. The SMILES string of the molecule is Cc1cc(=O)oc2cc(OCC(=O)c3ccc4c(c3)CCC(=O)N4)ccc12. The Labute approximate surface area is 154 Å². The Hall–Kier alpha value is -3.41. The van der Waals surface area contributed by atoms with E-state index in [1.165, 1.54) is 6.07 Å². The second-order valence-corrected chi connectivity index (χ2v) is 6.54. The standard InChI is InChI=1S/C21H17NO5/c1-12-8-21(25)27-19-10-15(4-5-16(12)19)26-11-18(23)14-2-6-17-13(9-14)3-7-20(24)22-17/h2,4-6,8-10H,3,7,11H2,1H3,(H,22,24). The number of anilines is 1. The molecule has 0 atom stereocenters. The Balaban J connectivity index is 1.50. The van der Waals surface area contributed by atoms with Gasteiger partial charge in [0.25, 0.3) is 0 Å². The van der Waals surface area contributed by atoms with Crippen molar-refractivity contribution in [2.45, 2.75) is 19.8 Å². The molecule has 0 saturated carbocycles. The highest BCUT2D eigenvalue weighted by Gasteiger charge is 2.17. The summed E-state index contributed by atoms with van der Waals surface area (Å²) in [6.45, 7) is 1.70. The summed E-state index contributed by atoms with van der Waals surface area (Å²) in [4.78, 5) is 35.4. The number of benzene rings is 2. The molecule has 0 aliphatic carbocycles. The molecule has 0 saturated heterocycles. The van der Waals surface area contributed by atoms with Gasteiger partial charge in [-0.15, -0.1) is 0 Å². The van der Waals surface area contributed by atoms with Gasteiger partial charge in [-0.1, -0.05) is 0 Å². The quantitative estimate of drug-likeness (QED) is 0.568. The average molecular weight is 363 g/mol. The highest BCUT2D eigenvalue weighted by molar-refractivity contribution is 5.99. The first-order chi connectivity index (χ1) is 13.0. The van der Waals surface area contributed by atoms with Gasteiger partial charge in [0.1, 0.15) is 11.3 Å². The van der Waals surface area contributed by atoms with Crippen LogP contribution in [0.4, 0.5) is 5.69 Å². The summed E-state index contributed by atoms with van der Waals surface area (Å²) in [5.41, 5.74) is 3.06. The van der Waals surface area contributed by atoms with Crippen molar-refractivity contribution in [3.63, 3.8) is 0 Å². The number of ether oxygens (including phenoxy) is 1. The number of Topliss-reactive ketones (excluding diaryl/α,β-unsaturated/α-hetero) is 1. The van der Waals surface area contributed by atoms with Crippen LogP contribution in [0, 0.1) is 6.92 Å². The summed E-state index contributed by atoms with van der Waals surface area (Å²) < 4.78 is 10.8. The highest BCUT2D eigenvalue weighted by atomic mass is 16.5. The minimum Gasteiger partial charge on any atom is -0.485 e. The van der Waals surface area contributed by atoms with Crippen molar-refractivity contribution < 1.29 is 18.7 Å². The first-order valence-corrected chi connectivity index (χ1v) is 8.63. The number of hydrogen-bond acceptors (Lipinski definition) is 5. The zero-order chi connectivity index (χ0) is 19.0. The van der Waals surface area contributed by atoms with Gasteiger partial charge in [-0.25, -0.2) is 4.79 Å². The molecule has 6 heteroatoms. The van der Waals surface area contributed by atoms with E-state index in [1.54, 1.807) is 36.4 Å². The van der Waals surface area contributed by atoms with Crippen LogP contribution in [0.25, 0.3) is 11.0 Å². The lowest BCUT2D eigenvalue weighted by atomic mass is 9.99. The second-order valence-electron chi connectivity index (χ2n) is 6.54. The molecule has 1 amide bonds. The summed E-state index contributed by atoms with van der Waals surface area (Å²) in [6, 6.07) is 11.8. The molecule has 27 heavy (non-hydrogen) atoms. The maximum Gasteiger partial charge on any atom is 0.336 e. The third kappa shape index (κ3) is 3.46. The smallest absolute Gasteiger partial charge is 0.336 e. The number of rotatable bonds is 4. The molecule has 1 aliphatic heterocycles. The lowest BCUT2D eigenvalue weighted by Crippen LogP contribution is -2.20. The van der Waals surface area contributed by atoms with E-state index in [9.17, 15) is 14.4 Å². The van der Waals surface area contributed by atoms with Crippen molar-refractivity contribution in [3.8, 4) is 5.75 Å². The maximum atomic E-state index is 12.5. The fourth-order valence-electron chi connectivity index (χ4n) is 3.18. The lowest BCUT2D eigenvalue weighted by molar-refractivity contribution is -0.116. The van der Waals surface area contributed by atoms with Gasteiger partial charge in [0, 0.05) is 35.2 Å². The number of nitrogens with one attached hydrogen (secondary N) is 1. The molecule has 2 heterocycles. The zero-order valence-corrected chi connectivity index (χ0v) is 14.7. The van der Waals surface area contributed by atoms with E-state index in [0.717, 1.165) is 22.2 Å². The minimum atomic E-state index is -0.422. The van der Waals surface area contributed by atoms with Crippen LogP contribution >= 0.6 is 0 Å². The third-order valence-electron chi connectivity index (χ3n) is 4.62. The van der Waals surface area contributed by atoms with Crippen LogP contribution < -0.4 is 15.7 Å². The summed E-state index contributed by atoms with van der Waals surface area (Å²) >= 11 is 0. The lowest BCUT2D eigenvalue weighted by Gasteiger charge is -2.17. The van der Waals surface area contributed by atoms with Gasteiger partial charge in [-0.2, -0.15) is 0 Å². The van der Waals surface area contributed by atoms with Gasteiger partial charge in [0.15, 0.2) is 12.4 Å². The van der Waals surface area contributed by atoms with E-state index in [0.29, 0.717) is 29.7 Å². The number of hydrogen-bond donors (Lipinski definition) is 1. The topological polar surface area (TPSA) is 85.6 Å². The number of carbonyl (C=O) groups excluding carboxylic acids is 2. The van der Waals surface area contributed by atoms with E-state index < -0.39 is 5.63 Å². The van der Waals surface area contributed by atoms with Crippen LogP contribution in [0.5, 0.6) is 5.75 Å². The van der Waals surface area contributed by atoms with E-state index >= 15 is 0 Å². The van der Waals surface area contributed by atoms with Crippen molar-refractivity contribution in [1.82, 2.24) is 0 Å². The van der Waals surface area contributed by atoms with E-state index in [4.69, 9.17) is 9.15 Å². The molecule has 6 nitrogen and oxygen atoms in total. The fourth-order valence-corrected chi connectivity index (χ4v) is 3.18. The summed E-state index contributed by atoms with van der Waals surface area (Å²) in [5, 5.41) is 3.62. The van der Waals surface area contributed by atoms with Crippen LogP contribution in [-0.4, -0.2) is 18.3 Å². The van der Waals surface area contributed by atoms with Crippen molar-refractivity contribution in [2.75, 3.05) is 11.9 Å². The molecule has 0 spiro atoms. The Morgan fingerprint density at radius 3 is 2.81 bits per heavy atom. The fraction of sp³-hybridized carbons (Fsp3) is 0.190. The van der Waals surface area contributed by atoms with E-state index in [-0.39, 0.29) is 18.3 Å². The molecular weight excluding hydrogens is 346 g/mol. The predicted octanol–water partition coefficient (Wildman–Crippen LogP) is 3.25. The van der Waals surface area contributed by atoms with Crippen LogP contribution in [0.3, 0.4) is 0 Å². The molecule has 1 aromatic heterocycles. The molecule has 0 unspecified atom stereocenters. The van der Waals surface area contributed by atoms with Crippen LogP contribution in [0.15, 0.2) is 51.7 Å². The van der Waals surface area contributed by atoms with Crippen LogP contribution in [0.1, 0.15) is 27.9 Å². The van der Waals surface area contributed by atoms with Gasteiger partial charge in [0.2, 0.25) is 5.91 Å². The Bertz CT molecular complexity index is 1130. The first kappa shape index (κ1) is 17.0. The van der Waals surface area contributed by atoms with Crippen LogP contribution in [0.2, 0.25) is 0 Å². The molecule has 0 radical (unpaired) electrons. The van der Waals surface area contributed by atoms with Gasteiger partial charge in [0.05, 0.1) is 0 Å². The second kappa shape index (κ2) is 6.72. The summed E-state index contributed by atoms with van der Waals surface area (Å²) in [5.74, 6) is 0.276. The van der Waals surface area contributed by atoms with E-state index in [1.807, 2.05) is 6.92 Å². The van der Waals surface area contributed by atoms with Crippen molar-refractivity contribution in [2.24, 2.45) is 0 Å². The molecular formula is C21H17NO5. The zero-order valence-electron chi connectivity index (χ0n) is 14.7. The average Bonchev–Trinajstić information content (AvgIpc) is 2.65. The Morgan fingerprint density at radius 2 is 1.96 bits per heavy atom. The van der Waals surface area contributed by atoms with E-state index in [2.05, 4.69) is 5.32 Å². The van der Waals surface area contributed by atoms with Gasteiger partial charge in [-0.05, 0) is 54.8 Å². The molecule has 0 bridgehead atoms. The summed E-state index contributed by atoms with van der Waals surface area (Å²) in [6.07, 6.45) is 1.04. The Morgan fingerprint density at radius 1 is 1.11 bits per heavy atom. The van der Waals surface area contributed by atoms with Gasteiger partial charge < -0.3 is 14.5 Å². The molecule has 2 aromatic carbocycles. The molecule has 1 N–H and O–H groups in total. The van der Waals surface area contributed by atoms with Gasteiger partial charge in [-0.3, -0.25) is 9.59 Å². The monoisotopic (exact) mass is 363 g/mol.